The molecule has 0 aliphatic carbocycles. The van der Waals surface area contributed by atoms with Crippen LogP contribution in [0.4, 0.5) is 5.13 Å². The van der Waals surface area contributed by atoms with E-state index in [2.05, 4.69) is 15.5 Å². The molecule has 194 valence electrons. The van der Waals surface area contributed by atoms with Crippen LogP contribution in [0.5, 0.6) is 0 Å². The van der Waals surface area contributed by atoms with Gasteiger partial charge in [-0.3, -0.25) is 9.59 Å². The van der Waals surface area contributed by atoms with Gasteiger partial charge < -0.3 is 31.0 Å². The van der Waals surface area contributed by atoms with Gasteiger partial charge in [0.15, 0.2) is 35.8 Å². The molecule has 0 unspecified atom stereocenters. The highest BCUT2D eigenvalue weighted by molar-refractivity contribution is 8.02. The van der Waals surface area contributed by atoms with Gasteiger partial charge in [-0.1, -0.05) is 11.2 Å². The van der Waals surface area contributed by atoms with E-state index in [1.165, 1.54) is 35.9 Å². The number of nitrogens with two attached hydrogens (primary N) is 1. The summed E-state index contributed by atoms with van der Waals surface area (Å²) in [5.74, 6) is -3.93. The molecule has 1 fully saturated rings. The predicted octanol–water partition coefficient (Wildman–Crippen LogP) is 0.0339. The molecule has 5 N–H and O–H groups in total. The van der Waals surface area contributed by atoms with Gasteiger partial charge in [0.05, 0.1) is 0 Å². The summed E-state index contributed by atoms with van der Waals surface area (Å²) < 4.78 is 1.80. The number of amides is 2. The second kappa shape index (κ2) is 10.2. The number of oxime groups is 1. The van der Waals surface area contributed by atoms with Gasteiger partial charge in [0.1, 0.15) is 17.1 Å². The molecular weight excluding hydrogens is 524 g/mol. The summed E-state index contributed by atoms with van der Waals surface area (Å²) in [6, 6.07) is 3.22. The Morgan fingerprint density at radius 3 is 2.57 bits per heavy atom. The van der Waals surface area contributed by atoms with Crippen molar-refractivity contribution in [3.05, 3.63) is 52.6 Å². The number of rotatable bonds is 9. The molecule has 0 saturated carbocycles. The molecule has 2 aliphatic heterocycles. The number of β-lactam (4-membered cyclic amide) rings is 1. The number of hydrogen-bond acceptors (Lipinski definition) is 10. The minimum Gasteiger partial charge on any atom is -0.479 e. The van der Waals surface area contributed by atoms with Crippen LogP contribution in [0.25, 0.3) is 0 Å². The summed E-state index contributed by atoms with van der Waals surface area (Å²) in [6.07, 6.45) is 3.58. The van der Waals surface area contributed by atoms with Gasteiger partial charge in [-0.25, -0.2) is 19.1 Å². The fraction of sp³-hybridized carbons (Fsp3) is 0.318. The highest BCUT2D eigenvalue weighted by Gasteiger charge is 2.56. The number of aromatic nitrogens is 2. The molecule has 4 heterocycles. The molecule has 2 amide bonds. The maximum Gasteiger partial charge on any atom is 0.350 e. The van der Waals surface area contributed by atoms with Crippen molar-refractivity contribution in [2.24, 2.45) is 5.16 Å². The molecule has 0 radical (unpaired) electrons. The number of carboxylic acid groups (broad SMARTS) is 2. The Hall–Kier alpha value is -3.98. The molecule has 15 heteroatoms. The zero-order valence-corrected chi connectivity index (χ0v) is 21.2. The lowest BCUT2D eigenvalue weighted by Gasteiger charge is -2.51. The van der Waals surface area contributed by atoms with E-state index in [1.54, 1.807) is 22.4 Å². The first-order valence-corrected chi connectivity index (χ1v) is 12.7. The number of nitrogens with one attached hydrogen (secondary N) is 1. The fourth-order valence-corrected chi connectivity index (χ4v) is 5.36. The minimum absolute atomic E-state index is 0.0339. The van der Waals surface area contributed by atoms with Crippen LogP contribution in [0.3, 0.4) is 0 Å². The van der Waals surface area contributed by atoms with E-state index in [1.807, 2.05) is 18.2 Å². The standard InChI is InChI=1S/C22H22N6O7S2/c1-22(2,20(33)34)35-26-13(12-10-37-21(23)24-12)16(29)25-14-17(30)28-15(19(31)32)11(9-36-18(14)28)8-27-6-4-3-5-7-27/h3-7,9-10,14-15,18H,8H2,1-2H3,(H4-,23,24,25,29,31,32,33,34)/p+1/b26-13-/t14-,15-,18-/m1/s1. The Kier molecular flexibility index (Phi) is 7.18. The maximum absolute atomic E-state index is 13.1. The number of nitrogens with zero attached hydrogens (tertiary/aromatic N) is 4. The topological polar surface area (TPSA) is 188 Å². The van der Waals surface area contributed by atoms with Crippen LogP contribution < -0.4 is 15.6 Å². The van der Waals surface area contributed by atoms with Crippen molar-refractivity contribution >= 4 is 57.7 Å². The smallest absolute Gasteiger partial charge is 0.350 e. The van der Waals surface area contributed by atoms with Crippen molar-refractivity contribution < 1.29 is 38.8 Å². The zero-order valence-electron chi connectivity index (χ0n) is 19.6. The summed E-state index contributed by atoms with van der Waals surface area (Å²) in [6.45, 7) is 2.77. The molecule has 37 heavy (non-hydrogen) atoms. The van der Waals surface area contributed by atoms with E-state index < -0.39 is 46.8 Å². The Morgan fingerprint density at radius 2 is 1.97 bits per heavy atom. The van der Waals surface area contributed by atoms with E-state index in [4.69, 9.17) is 10.6 Å². The van der Waals surface area contributed by atoms with E-state index in [0.29, 0.717) is 5.57 Å². The highest BCUT2D eigenvalue weighted by atomic mass is 32.2. The van der Waals surface area contributed by atoms with Crippen LogP contribution in [-0.4, -0.2) is 72.6 Å². The Bertz CT molecular complexity index is 1310. The first kappa shape index (κ1) is 26.1. The molecule has 13 nitrogen and oxygen atoms in total. The van der Waals surface area contributed by atoms with Crippen molar-refractivity contribution in [3.63, 3.8) is 0 Å². The number of pyridine rings is 1. The Morgan fingerprint density at radius 1 is 1.27 bits per heavy atom. The van der Waals surface area contributed by atoms with Gasteiger partial charge >= 0.3 is 11.9 Å². The molecule has 3 atom stereocenters. The molecule has 4 rings (SSSR count). The van der Waals surface area contributed by atoms with Crippen LogP contribution in [0.1, 0.15) is 19.5 Å². The van der Waals surface area contributed by atoms with Crippen molar-refractivity contribution in [1.82, 2.24) is 15.2 Å². The van der Waals surface area contributed by atoms with Crippen LogP contribution >= 0.6 is 23.1 Å². The van der Waals surface area contributed by atoms with E-state index >= 15 is 0 Å². The van der Waals surface area contributed by atoms with Crippen LogP contribution in [0.15, 0.2) is 52.1 Å². The Labute approximate surface area is 218 Å². The molecule has 0 bridgehead atoms. The van der Waals surface area contributed by atoms with Gasteiger partial charge in [0.25, 0.3) is 5.91 Å². The van der Waals surface area contributed by atoms with Gasteiger partial charge in [0.2, 0.25) is 11.5 Å². The summed E-state index contributed by atoms with van der Waals surface area (Å²) >= 11 is 2.25. The first-order chi connectivity index (χ1) is 17.5. The van der Waals surface area contributed by atoms with Crippen molar-refractivity contribution in [1.29, 1.82) is 0 Å². The Balaban J connectivity index is 1.54. The number of thiazole rings is 1. The second-order valence-corrected chi connectivity index (χ2v) is 10.5. The summed E-state index contributed by atoms with van der Waals surface area (Å²) in [5.41, 5.74) is 4.10. The zero-order chi connectivity index (χ0) is 26.9. The van der Waals surface area contributed by atoms with E-state index in [-0.39, 0.29) is 23.1 Å². The predicted molar refractivity (Wildman–Crippen MR) is 132 cm³/mol. The lowest BCUT2D eigenvalue weighted by atomic mass is 9.97. The van der Waals surface area contributed by atoms with Crippen LogP contribution in [0.2, 0.25) is 0 Å². The fourth-order valence-electron chi connectivity index (χ4n) is 3.60. The number of fused-ring (bicyclic) bond motifs is 1. The average molecular weight is 548 g/mol. The lowest BCUT2D eigenvalue weighted by Crippen LogP contribution is -2.74. The van der Waals surface area contributed by atoms with Crippen molar-refractivity contribution in [3.8, 4) is 0 Å². The van der Waals surface area contributed by atoms with Gasteiger partial charge in [-0.05, 0) is 19.3 Å². The minimum atomic E-state index is -1.75. The van der Waals surface area contributed by atoms with Gasteiger partial charge in [-0.15, -0.1) is 23.1 Å². The van der Waals surface area contributed by atoms with Crippen molar-refractivity contribution in [2.45, 2.75) is 43.5 Å². The summed E-state index contributed by atoms with van der Waals surface area (Å²) in [5, 5.41) is 28.0. The van der Waals surface area contributed by atoms with Gasteiger partial charge in [-0.2, -0.15) is 0 Å². The average Bonchev–Trinajstić information content (AvgIpc) is 3.28. The van der Waals surface area contributed by atoms with E-state index in [0.717, 1.165) is 11.3 Å². The number of carbonyl (C=O) groups excluding carboxylic acids is 2. The number of hydrogen-bond donors (Lipinski definition) is 4. The number of nitrogen functional groups attached to an aromatic ring is 1. The molecule has 0 aromatic carbocycles. The normalized spacial score (nSPS) is 21.4. The first-order valence-electron chi connectivity index (χ1n) is 10.8. The third-order valence-electron chi connectivity index (χ3n) is 5.59. The third-order valence-corrected chi connectivity index (χ3v) is 7.48. The molecular formula is C22H23N6O7S2+. The maximum atomic E-state index is 13.1. The highest BCUT2D eigenvalue weighted by Crippen LogP contribution is 2.40. The monoisotopic (exact) mass is 547 g/mol. The van der Waals surface area contributed by atoms with Gasteiger partial charge in [0, 0.05) is 23.1 Å². The molecule has 0 spiro atoms. The number of carbonyl (C=O) groups is 4. The SMILES string of the molecule is CC(C)(O/N=C(\C(=O)N[C@@H]1C(=O)N2[C@@H](C(=O)O)C(C[n+]3ccccc3)=CS[C@H]12)c1csc(N)n1)C(=O)O. The molecule has 1 saturated heterocycles. The number of carboxylic acids is 2. The van der Waals surface area contributed by atoms with Crippen LogP contribution in [-0.2, 0) is 30.6 Å². The van der Waals surface area contributed by atoms with Crippen molar-refractivity contribution in [2.75, 3.05) is 5.73 Å². The quantitative estimate of drug-likeness (QED) is 0.144. The second-order valence-electron chi connectivity index (χ2n) is 8.62. The molecule has 2 aliphatic rings. The number of anilines is 1. The number of aliphatic carboxylic acids is 2. The third kappa shape index (κ3) is 5.27. The molecule has 2 aromatic rings. The molecule has 2 aromatic heterocycles. The summed E-state index contributed by atoms with van der Waals surface area (Å²) in [4.78, 5) is 59.9. The lowest BCUT2D eigenvalue weighted by molar-refractivity contribution is -0.689. The number of thioether (sulfide) groups is 1. The van der Waals surface area contributed by atoms with Crippen LogP contribution in [0, 0.1) is 0 Å². The van der Waals surface area contributed by atoms with E-state index in [9.17, 15) is 29.4 Å². The summed E-state index contributed by atoms with van der Waals surface area (Å²) in [7, 11) is 0. The largest absolute Gasteiger partial charge is 0.479 e.